The van der Waals surface area contributed by atoms with Crippen LogP contribution in [0.15, 0.2) is 29.2 Å². The van der Waals surface area contributed by atoms with Crippen molar-refractivity contribution in [2.75, 3.05) is 11.4 Å². The molecule has 132 valence electrons. The molecule has 24 heavy (non-hydrogen) atoms. The molecule has 1 aliphatic rings. The third-order valence-electron chi connectivity index (χ3n) is 3.88. The molecule has 0 spiro atoms. The fourth-order valence-electron chi connectivity index (χ4n) is 2.68. The van der Waals surface area contributed by atoms with Crippen LogP contribution in [0.4, 0.5) is 5.69 Å². The summed E-state index contributed by atoms with van der Waals surface area (Å²) >= 11 is 0. The quantitative estimate of drug-likeness (QED) is 0.762. The lowest BCUT2D eigenvalue weighted by atomic mass is 10.0. The molecule has 0 unspecified atom stereocenters. The number of nitrogens with one attached hydrogen (secondary N) is 1. The van der Waals surface area contributed by atoms with Crippen molar-refractivity contribution in [2.45, 2.75) is 44.0 Å². The molecule has 8 heteroatoms. The number of hydrogen-bond donors (Lipinski definition) is 2. The topological polar surface area (TPSA) is 110 Å². The number of carbonyl (C=O) groups is 2. The zero-order valence-corrected chi connectivity index (χ0v) is 14.7. The van der Waals surface area contributed by atoms with E-state index < -0.39 is 22.0 Å². The number of amides is 2. The van der Waals surface area contributed by atoms with E-state index in [9.17, 15) is 18.0 Å². The van der Waals surface area contributed by atoms with Crippen molar-refractivity contribution in [3.63, 3.8) is 0 Å². The van der Waals surface area contributed by atoms with Crippen LogP contribution >= 0.6 is 0 Å². The van der Waals surface area contributed by atoms with Gasteiger partial charge in [-0.15, -0.1) is 0 Å². The summed E-state index contributed by atoms with van der Waals surface area (Å²) in [6.07, 6.45) is 1.64. The van der Waals surface area contributed by atoms with Crippen LogP contribution in [0, 0.1) is 5.92 Å². The van der Waals surface area contributed by atoms with Gasteiger partial charge in [0.2, 0.25) is 21.8 Å². The van der Waals surface area contributed by atoms with Crippen LogP contribution in [-0.2, 0) is 19.6 Å². The fraction of sp³-hybridized carbons (Fsp3) is 0.500. The maximum atomic E-state index is 12.4. The minimum atomic E-state index is -3.86. The van der Waals surface area contributed by atoms with Crippen LogP contribution in [0.2, 0.25) is 0 Å². The Morgan fingerprint density at radius 3 is 2.38 bits per heavy atom. The van der Waals surface area contributed by atoms with Gasteiger partial charge in [-0.1, -0.05) is 13.8 Å². The van der Waals surface area contributed by atoms with Crippen molar-refractivity contribution in [1.29, 1.82) is 0 Å². The Labute approximate surface area is 142 Å². The average Bonchev–Trinajstić information content (AvgIpc) is 2.92. The van der Waals surface area contributed by atoms with Gasteiger partial charge in [0.1, 0.15) is 6.04 Å². The summed E-state index contributed by atoms with van der Waals surface area (Å²) < 4.78 is 27.2. The van der Waals surface area contributed by atoms with Crippen LogP contribution in [0.5, 0.6) is 0 Å². The second-order valence-electron chi connectivity index (χ2n) is 6.35. The lowest BCUT2D eigenvalue weighted by Gasteiger charge is -2.18. The second-order valence-corrected chi connectivity index (χ2v) is 8.06. The molecule has 0 radical (unpaired) electrons. The number of rotatable bonds is 7. The number of nitrogens with two attached hydrogens (primary N) is 1. The Morgan fingerprint density at radius 1 is 1.29 bits per heavy atom. The smallest absolute Gasteiger partial charge is 0.241 e. The van der Waals surface area contributed by atoms with Crippen LogP contribution in [0.1, 0.15) is 33.1 Å². The van der Waals surface area contributed by atoms with E-state index in [4.69, 9.17) is 5.73 Å². The minimum Gasteiger partial charge on any atom is -0.368 e. The minimum absolute atomic E-state index is 0.0351. The monoisotopic (exact) mass is 353 g/mol. The molecule has 0 bridgehead atoms. The lowest BCUT2D eigenvalue weighted by Crippen LogP contribution is -2.45. The van der Waals surface area contributed by atoms with Gasteiger partial charge in [0, 0.05) is 18.7 Å². The van der Waals surface area contributed by atoms with E-state index in [1.54, 1.807) is 17.0 Å². The molecule has 1 aromatic rings. The fourth-order valence-corrected chi connectivity index (χ4v) is 3.89. The summed E-state index contributed by atoms with van der Waals surface area (Å²) in [6.45, 7) is 4.40. The van der Waals surface area contributed by atoms with E-state index in [0.717, 1.165) is 6.42 Å². The normalized spacial score (nSPS) is 16.6. The predicted octanol–water partition coefficient (Wildman–Crippen LogP) is 0.992. The highest BCUT2D eigenvalue weighted by molar-refractivity contribution is 7.89. The molecule has 0 aliphatic carbocycles. The number of carbonyl (C=O) groups excluding carboxylic acids is 2. The van der Waals surface area contributed by atoms with Crippen LogP contribution < -0.4 is 15.4 Å². The Morgan fingerprint density at radius 2 is 1.92 bits per heavy atom. The third kappa shape index (κ3) is 4.33. The second kappa shape index (κ2) is 7.31. The molecular weight excluding hydrogens is 330 g/mol. The molecule has 7 nitrogen and oxygen atoms in total. The van der Waals surface area contributed by atoms with Crippen LogP contribution in [-0.4, -0.2) is 32.8 Å². The van der Waals surface area contributed by atoms with Crippen molar-refractivity contribution < 1.29 is 18.0 Å². The predicted molar refractivity (Wildman–Crippen MR) is 90.8 cm³/mol. The number of benzene rings is 1. The van der Waals surface area contributed by atoms with Gasteiger partial charge in [0.15, 0.2) is 0 Å². The maximum absolute atomic E-state index is 12.4. The van der Waals surface area contributed by atoms with E-state index in [1.165, 1.54) is 12.1 Å². The number of nitrogens with zero attached hydrogens (tertiary/aromatic N) is 1. The zero-order valence-electron chi connectivity index (χ0n) is 13.9. The molecule has 0 aromatic heterocycles. The van der Waals surface area contributed by atoms with Gasteiger partial charge in [0.05, 0.1) is 4.90 Å². The Kier molecular flexibility index (Phi) is 5.61. The molecule has 2 amide bonds. The van der Waals surface area contributed by atoms with Crippen molar-refractivity contribution >= 4 is 27.5 Å². The molecule has 1 saturated heterocycles. The first-order chi connectivity index (χ1) is 11.2. The molecule has 1 aliphatic heterocycles. The van der Waals surface area contributed by atoms with Gasteiger partial charge >= 0.3 is 0 Å². The van der Waals surface area contributed by atoms with Crippen molar-refractivity contribution in [1.82, 2.24) is 4.72 Å². The van der Waals surface area contributed by atoms with Crippen molar-refractivity contribution in [3.8, 4) is 0 Å². The summed E-state index contributed by atoms with van der Waals surface area (Å²) in [5.41, 5.74) is 5.95. The first-order valence-corrected chi connectivity index (χ1v) is 9.41. The molecule has 3 N–H and O–H groups in total. The largest absolute Gasteiger partial charge is 0.368 e. The highest BCUT2D eigenvalue weighted by atomic mass is 32.2. The average molecular weight is 353 g/mol. The van der Waals surface area contributed by atoms with Gasteiger partial charge in [0.25, 0.3) is 0 Å². The Hall–Kier alpha value is -1.93. The Balaban J connectivity index is 2.16. The van der Waals surface area contributed by atoms with E-state index in [1.807, 2.05) is 13.8 Å². The summed E-state index contributed by atoms with van der Waals surface area (Å²) in [5, 5.41) is 0. The van der Waals surface area contributed by atoms with E-state index in [-0.39, 0.29) is 16.7 Å². The molecule has 1 atom stereocenters. The van der Waals surface area contributed by atoms with Crippen LogP contribution in [0.25, 0.3) is 0 Å². The highest BCUT2D eigenvalue weighted by Gasteiger charge is 2.26. The van der Waals surface area contributed by atoms with Crippen molar-refractivity contribution in [2.24, 2.45) is 11.7 Å². The first-order valence-electron chi connectivity index (χ1n) is 7.93. The molecular formula is C16H23N3O4S. The molecule has 1 fully saturated rings. The van der Waals surface area contributed by atoms with Gasteiger partial charge < -0.3 is 10.6 Å². The standard InChI is InChI=1S/C16H23N3O4S/c1-11(2)10-14(16(17)21)18-24(22,23)13-7-5-12(6-8-13)19-9-3-4-15(19)20/h5-8,11,14,18H,3-4,9-10H2,1-2H3,(H2,17,21)/t14-/m1/s1. The van der Waals surface area contributed by atoms with Crippen LogP contribution in [0.3, 0.4) is 0 Å². The molecule has 1 aromatic carbocycles. The van der Waals surface area contributed by atoms with Gasteiger partial charge in [-0.05, 0) is 43.0 Å². The number of anilines is 1. The SMILES string of the molecule is CC(C)C[C@@H](NS(=O)(=O)c1ccc(N2CCCC2=O)cc1)C(N)=O. The highest BCUT2D eigenvalue weighted by Crippen LogP contribution is 2.23. The molecule has 0 saturated carbocycles. The van der Waals surface area contributed by atoms with E-state index >= 15 is 0 Å². The number of sulfonamides is 1. The maximum Gasteiger partial charge on any atom is 0.241 e. The first kappa shape index (κ1) is 18.4. The van der Waals surface area contributed by atoms with Gasteiger partial charge in [-0.25, -0.2) is 8.42 Å². The molecule has 1 heterocycles. The molecule has 2 rings (SSSR count). The number of hydrogen-bond acceptors (Lipinski definition) is 4. The summed E-state index contributed by atoms with van der Waals surface area (Å²) in [6, 6.07) is 5.10. The van der Waals surface area contributed by atoms with E-state index in [0.29, 0.717) is 25.1 Å². The Bertz CT molecular complexity index is 713. The third-order valence-corrected chi connectivity index (χ3v) is 5.37. The van der Waals surface area contributed by atoms with Gasteiger partial charge in [-0.2, -0.15) is 4.72 Å². The summed E-state index contributed by atoms with van der Waals surface area (Å²) in [7, 11) is -3.86. The summed E-state index contributed by atoms with van der Waals surface area (Å²) in [4.78, 5) is 24.9. The van der Waals surface area contributed by atoms with E-state index in [2.05, 4.69) is 4.72 Å². The summed E-state index contributed by atoms with van der Waals surface area (Å²) in [5.74, 6) is -0.547. The lowest BCUT2D eigenvalue weighted by molar-refractivity contribution is -0.120. The van der Waals surface area contributed by atoms with Crippen molar-refractivity contribution in [3.05, 3.63) is 24.3 Å². The number of primary amides is 1. The van der Waals surface area contributed by atoms with Gasteiger partial charge in [-0.3, -0.25) is 9.59 Å². The zero-order chi connectivity index (χ0) is 17.9.